The van der Waals surface area contributed by atoms with E-state index in [0.717, 1.165) is 0 Å². The van der Waals surface area contributed by atoms with Gasteiger partial charge in [-0.1, -0.05) is 6.92 Å². The summed E-state index contributed by atoms with van der Waals surface area (Å²) in [6, 6.07) is 0. The molecule has 0 saturated carbocycles. The van der Waals surface area contributed by atoms with Crippen LogP contribution >= 0.6 is 0 Å². The largest absolute Gasteiger partial charge is 0.444 e. The summed E-state index contributed by atoms with van der Waals surface area (Å²) >= 11 is 0. The van der Waals surface area contributed by atoms with E-state index >= 15 is 0 Å². The molecule has 2 heterocycles. The highest BCUT2D eigenvalue weighted by Gasteiger charge is 2.23. The van der Waals surface area contributed by atoms with Gasteiger partial charge in [0.15, 0.2) is 5.03 Å². The van der Waals surface area contributed by atoms with Crippen LogP contribution < -0.4 is 10.5 Å². The summed E-state index contributed by atoms with van der Waals surface area (Å²) in [5.74, 6) is 1.02. The Kier molecular flexibility index (Phi) is 4.21. The SMILES string of the molecule is CCc1cnc(CNS(=O)(=O)c2n[nH]c(C)c2CN)o1. The van der Waals surface area contributed by atoms with Gasteiger partial charge in [0.1, 0.15) is 5.76 Å². The standard InChI is InChI=1S/C11H17N5O3S/c1-3-8-5-13-10(19-8)6-14-20(17,18)11-9(4-12)7(2)15-16-11/h5,14H,3-4,6,12H2,1-2H3,(H,15,16). The molecule has 8 nitrogen and oxygen atoms in total. The normalized spacial score (nSPS) is 11.9. The molecule has 0 aromatic carbocycles. The number of hydrogen-bond donors (Lipinski definition) is 3. The lowest BCUT2D eigenvalue weighted by atomic mass is 10.3. The van der Waals surface area contributed by atoms with Crippen LogP contribution in [0.5, 0.6) is 0 Å². The number of nitrogens with zero attached hydrogens (tertiary/aromatic N) is 2. The maximum Gasteiger partial charge on any atom is 0.260 e. The van der Waals surface area contributed by atoms with E-state index in [0.29, 0.717) is 29.3 Å². The lowest BCUT2D eigenvalue weighted by molar-refractivity contribution is 0.452. The third kappa shape index (κ3) is 2.89. The topological polar surface area (TPSA) is 127 Å². The number of oxazole rings is 1. The highest BCUT2D eigenvalue weighted by molar-refractivity contribution is 7.89. The van der Waals surface area contributed by atoms with E-state index in [4.69, 9.17) is 10.2 Å². The molecule has 0 aliphatic rings. The fraction of sp³-hybridized carbons (Fsp3) is 0.455. The second-order valence-corrected chi connectivity index (χ2v) is 5.92. The van der Waals surface area contributed by atoms with Crippen LogP contribution in [-0.4, -0.2) is 23.6 Å². The van der Waals surface area contributed by atoms with Gasteiger partial charge in [-0.25, -0.2) is 18.1 Å². The minimum Gasteiger partial charge on any atom is -0.444 e. The van der Waals surface area contributed by atoms with Crippen LogP contribution in [0.2, 0.25) is 0 Å². The van der Waals surface area contributed by atoms with Gasteiger partial charge >= 0.3 is 0 Å². The number of aromatic nitrogens is 3. The van der Waals surface area contributed by atoms with Gasteiger partial charge < -0.3 is 10.2 Å². The molecule has 0 atom stereocenters. The molecule has 0 bridgehead atoms. The number of aromatic amines is 1. The molecule has 0 amide bonds. The molecule has 4 N–H and O–H groups in total. The summed E-state index contributed by atoms with van der Waals surface area (Å²) in [5, 5.41) is 6.32. The van der Waals surface area contributed by atoms with Crippen molar-refractivity contribution in [3.05, 3.63) is 29.1 Å². The lowest BCUT2D eigenvalue weighted by Crippen LogP contribution is -2.25. The van der Waals surface area contributed by atoms with Crippen molar-refractivity contribution in [2.75, 3.05) is 0 Å². The second kappa shape index (κ2) is 5.73. The first kappa shape index (κ1) is 14.7. The third-order valence-electron chi connectivity index (χ3n) is 2.86. The van der Waals surface area contributed by atoms with E-state index in [1.165, 1.54) is 0 Å². The molecule has 0 saturated heterocycles. The summed E-state index contributed by atoms with van der Waals surface area (Å²) in [6.45, 7) is 3.71. The first-order valence-electron chi connectivity index (χ1n) is 6.15. The van der Waals surface area contributed by atoms with Crippen molar-refractivity contribution in [2.45, 2.75) is 38.4 Å². The summed E-state index contributed by atoms with van der Waals surface area (Å²) in [4.78, 5) is 3.99. The number of nitrogens with one attached hydrogen (secondary N) is 2. The number of hydrogen-bond acceptors (Lipinski definition) is 6. The second-order valence-electron chi connectivity index (χ2n) is 4.23. The van der Waals surface area contributed by atoms with Crippen LogP contribution in [-0.2, 0) is 29.5 Å². The predicted molar refractivity (Wildman–Crippen MR) is 71.1 cm³/mol. The smallest absolute Gasteiger partial charge is 0.260 e. The Balaban J connectivity index is 2.14. The fourth-order valence-corrected chi connectivity index (χ4v) is 2.89. The molecule has 0 aliphatic heterocycles. The van der Waals surface area contributed by atoms with Crippen LogP contribution in [0.15, 0.2) is 15.6 Å². The highest BCUT2D eigenvalue weighted by Crippen LogP contribution is 2.15. The van der Waals surface area contributed by atoms with Crippen LogP contribution in [0.4, 0.5) is 0 Å². The molecule has 0 radical (unpaired) electrons. The molecule has 0 unspecified atom stereocenters. The summed E-state index contributed by atoms with van der Waals surface area (Å²) in [5.41, 5.74) is 6.65. The van der Waals surface area contributed by atoms with Gasteiger partial charge in [0, 0.05) is 24.2 Å². The first-order chi connectivity index (χ1) is 9.47. The van der Waals surface area contributed by atoms with E-state index in [1.807, 2.05) is 6.92 Å². The monoisotopic (exact) mass is 299 g/mol. The quantitative estimate of drug-likeness (QED) is 0.699. The van der Waals surface area contributed by atoms with Crippen molar-refractivity contribution in [3.8, 4) is 0 Å². The average Bonchev–Trinajstić information content (AvgIpc) is 3.02. The zero-order valence-corrected chi connectivity index (χ0v) is 12.1. The number of nitrogens with two attached hydrogens (primary N) is 1. The maximum absolute atomic E-state index is 12.2. The molecular weight excluding hydrogens is 282 g/mol. The van der Waals surface area contributed by atoms with Crippen molar-refractivity contribution in [1.82, 2.24) is 19.9 Å². The minimum atomic E-state index is -3.75. The molecule has 2 aromatic heterocycles. The van der Waals surface area contributed by atoms with E-state index in [9.17, 15) is 8.42 Å². The van der Waals surface area contributed by atoms with Crippen molar-refractivity contribution in [3.63, 3.8) is 0 Å². The van der Waals surface area contributed by atoms with Crippen LogP contribution in [0.1, 0.15) is 29.8 Å². The summed E-state index contributed by atoms with van der Waals surface area (Å²) in [7, 11) is -3.75. The van der Waals surface area contributed by atoms with Gasteiger partial charge in [0.2, 0.25) is 5.89 Å². The molecule has 2 aromatic rings. The molecular formula is C11H17N5O3S. The van der Waals surface area contributed by atoms with Gasteiger partial charge in [-0.15, -0.1) is 0 Å². The molecule has 110 valence electrons. The zero-order chi connectivity index (χ0) is 14.8. The van der Waals surface area contributed by atoms with Crippen LogP contribution in [0, 0.1) is 6.92 Å². The molecule has 0 fully saturated rings. The number of aryl methyl sites for hydroxylation is 2. The van der Waals surface area contributed by atoms with E-state index < -0.39 is 10.0 Å². The van der Waals surface area contributed by atoms with Crippen molar-refractivity contribution < 1.29 is 12.8 Å². The van der Waals surface area contributed by atoms with Gasteiger partial charge in [0.25, 0.3) is 10.0 Å². The van der Waals surface area contributed by atoms with Crippen molar-refractivity contribution in [2.24, 2.45) is 5.73 Å². The van der Waals surface area contributed by atoms with Crippen molar-refractivity contribution >= 4 is 10.0 Å². The molecule has 0 aliphatic carbocycles. The fourth-order valence-electron chi connectivity index (χ4n) is 1.71. The predicted octanol–water partition coefficient (Wildman–Crippen LogP) is 0.206. The molecule has 0 spiro atoms. The zero-order valence-electron chi connectivity index (χ0n) is 11.3. The minimum absolute atomic E-state index is 0.0295. The third-order valence-corrected chi connectivity index (χ3v) is 4.23. The lowest BCUT2D eigenvalue weighted by Gasteiger charge is -2.04. The first-order valence-corrected chi connectivity index (χ1v) is 7.63. The van der Waals surface area contributed by atoms with Gasteiger partial charge in [-0.05, 0) is 6.92 Å². The Bertz CT molecular complexity index is 689. The Labute approximate surface area is 116 Å². The Morgan fingerprint density at radius 1 is 1.50 bits per heavy atom. The number of sulfonamides is 1. The Morgan fingerprint density at radius 3 is 2.85 bits per heavy atom. The van der Waals surface area contributed by atoms with Crippen LogP contribution in [0.25, 0.3) is 0 Å². The van der Waals surface area contributed by atoms with Crippen molar-refractivity contribution in [1.29, 1.82) is 0 Å². The number of H-pyrrole nitrogens is 1. The summed E-state index contributed by atoms with van der Waals surface area (Å²) in [6.07, 6.45) is 2.28. The Hall–Kier alpha value is -1.71. The van der Waals surface area contributed by atoms with Gasteiger partial charge in [-0.2, -0.15) is 5.10 Å². The molecule has 20 heavy (non-hydrogen) atoms. The van der Waals surface area contributed by atoms with E-state index in [-0.39, 0.29) is 18.1 Å². The number of rotatable bonds is 6. The van der Waals surface area contributed by atoms with E-state index in [2.05, 4.69) is 19.9 Å². The van der Waals surface area contributed by atoms with Gasteiger partial charge in [-0.3, -0.25) is 5.10 Å². The average molecular weight is 299 g/mol. The summed E-state index contributed by atoms with van der Waals surface area (Å²) < 4.78 is 32.0. The van der Waals surface area contributed by atoms with Crippen LogP contribution in [0.3, 0.4) is 0 Å². The Morgan fingerprint density at radius 2 is 2.25 bits per heavy atom. The van der Waals surface area contributed by atoms with E-state index in [1.54, 1.807) is 13.1 Å². The molecule has 2 rings (SSSR count). The van der Waals surface area contributed by atoms with Gasteiger partial charge in [0.05, 0.1) is 12.7 Å². The maximum atomic E-state index is 12.2. The molecule has 9 heteroatoms. The highest BCUT2D eigenvalue weighted by atomic mass is 32.2.